The van der Waals surface area contributed by atoms with Gasteiger partial charge in [0.15, 0.2) is 0 Å². The largest absolute Gasteiger partial charge is 0.368 e. The van der Waals surface area contributed by atoms with Crippen molar-refractivity contribution in [2.75, 3.05) is 0 Å². The number of nitrogens with two attached hydrogens (primary N) is 1. The Morgan fingerprint density at radius 3 is 2.12 bits per heavy atom. The summed E-state index contributed by atoms with van der Waals surface area (Å²) < 4.78 is 0. The molecule has 0 saturated heterocycles. The summed E-state index contributed by atoms with van der Waals surface area (Å²) in [5, 5.41) is 2.75. The van der Waals surface area contributed by atoms with Crippen LogP contribution < -0.4 is 11.1 Å². The molecule has 1 atom stereocenters. The van der Waals surface area contributed by atoms with Crippen molar-refractivity contribution in [3.8, 4) is 0 Å². The van der Waals surface area contributed by atoms with Gasteiger partial charge in [-0.05, 0) is 41.5 Å². The quantitative estimate of drug-likeness (QED) is 0.849. The van der Waals surface area contributed by atoms with Gasteiger partial charge in [-0.2, -0.15) is 0 Å². The molecule has 0 aliphatic rings. The number of aryl methyl sites for hydroxylation is 1. The van der Waals surface area contributed by atoms with Gasteiger partial charge in [-0.3, -0.25) is 9.59 Å². The monoisotopic (exact) mass is 338 g/mol. The fourth-order valence-electron chi connectivity index (χ4n) is 2.60. The molecule has 132 valence electrons. The molecule has 0 aliphatic heterocycles. The van der Waals surface area contributed by atoms with Crippen molar-refractivity contribution in [3.63, 3.8) is 0 Å². The summed E-state index contributed by atoms with van der Waals surface area (Å²) in [5.74, 6) is -0.798. The van der Waals surface area contributed by atoms with Gasteiger partial charge < -0.3 is 11.1 Å². The summed E-state index contributed by atoms with van der Waals surface area (Å²) >= 11 is 0. The minimum atomic E-state index is -0.685. The molecule has 0 heterocycles. The van der Waals surface area contributed by atoms with Crippen LogP contribution in [0.2, 0.25) is 0 Å². The Morgan fingerprint density at radius 1 is 1.00 bits per heavy atom. The van der Waals surface area contributed by atoms with Crippen LogP contribution in [0, 0.1) is 0 Å². The van der Waals surface area contributed by atoms with E-state index in [0.717, 1.165) is 11.1 Å². The smallest absolute Gasteiger partial charge is 0.251 e. The highest BCUT2D eigenvalue weighted by Crippen LogP contribution is 2.22. The first-order chi connectivity index (χ1) is 11.8. The van der Waals surface area contributed by atoms with Crippen LogP contribution in [0.25, 0.3) is 0 Å². The van der Waals surface area contributed by atoms with E-state index >= 15 is 0 Å². The number of benzene rings is 2. The summed E-state index contributed by atoms with van der Waals surface area (Å²) in [6.07, 6.45) is 1.16. The molecule has 0 unspecified atom stereocenters. The zero-order chi connectivity index (χ0) is 18.4. The first-order valence-electron chi connectivity index (χ1n) is 8.52. The van der Waals surface area contributed by atoms with Crippen molar-refractivity contribution in [1.29, 1.82) is 0 Å². The van der Waals surface area contributed by atoms with Crippen LogP contribution in [-0.4, -0.2) is 17.9 Å². The maximum atomic E-state index is 12.4. The van der Waals surface area contributed by atoms with Crippen LogP contribution >= 0.6 is 0 Å². The maximum absolute atomic E-state index is 12.4. The Kier molecular flexibility index (Phi) is 5.97. The van der Waals surface area contributed by atoms with Crippen LogP contribution in [0.5, 0.6) is 0 Å². The number of amides is 2. The lowest BCUT2D eigenvalue weighted by molar-refractivity contribution is -0.120. The highest BCUT2D eigenvalue weighted by Gasteiger charge is 2.19. The molecule has 25 heavy (non-hydrogen) atoms. The number of nitrogens with one attached hydrogen (secondary N) is 1. The van der Waals surface area contributed by atoms with Crippen molar-refractivity contribution >= 4 is 11.8 Å². The van der Waals surface area contributed by atoms with E-state index in [1.54, 1.807) is 12.1 Å². The summed E-state index contributed by atoms with van der Waals surface area (Å²) in [7, 11) is 0. The van der Waals surface area contributed by atoms with E-state index in [1.165, 1.54) is 0 Å². The Morgan fingerprint density at radius 2 is 1.60 bits per heavy atom. The molecule has 2 aromatic rings. The molecule has 0 saturated carbocycles. The number of rotatable bonds is 6. The van der Waals surface area contributed by atoms with Gasteiger partial charge in [0.1, 0.15) is 6.04 Å². The second-order valence-electron chi connectivity index (χ2n) is 7.28. The molecule has 3 N–H and O–H groups in total. The lowest BCUT2D eigenvalue weighted by Crippen LogP contribution is -2.44. The molecule has 4 heteroatoms. The standard InChI is InChI=1S/C21H26N2O2/c1-21(2,3)17-12-10-16(11-13-17)20(25)23-18(19(22)24)14-9-15-7-5-4-6-8-15/h4-8,10-13,18H,9,14H2,1-3H3,(H2,22,24)(H,23,25)/t18-/m1/s1. The first kappa shape index (κ1) is 18.7. The van der Waals surface area contributed by atoms with Gasteiger partial charge in [0.2, 0.25) is 5.91 Å². The van der Waals surface area contributed by atoms with Gasteiger partial charge in [0.05, 0.1) is 0 Å². The summed E-state index contributed by atoms with van der Waals surface area (Å²) in [6.45, 7) is 6.36. The molecule has 0 aromatic heterocycles. The summed E-state index contributed by atoms with van der Waals surface area (Å²) in [4.78, 5) is 24.1. The summed E-state index contributed by atoms with van der Waals surface area (Å²) in [6, 6.07) is 16.6. The Hall–Kier alpha value is -2.62. The van der Waals surface area contributed by atoms with Crippen LogP contribution in [0.4, 0.5) is 0 Å². The predicted octanol–water partition coefficient (Wildman–Crippen LogP) is 3.20. The van der Waals surface area contributed by atoms with E-state index < -0.39 is 11.9 Å². The molecule has 0 spiro atoms. The lowest BCUT2D eigenvalue weighted by atomic mass is 9.86. The van der Waals surface area contributed by atoms with Gasteiger partial charge in [-0.25, -0.2) is 0 Å². The maximum Gasteiger partial charge on any atom is 0.251 e. The van der Waals surface area contributed by atoms with E-state index in [9.17, 15) is 9.59 Å². The molecule has 2 amide bonds. The Labute approximate surface area is 149 Å². The molecule has 4 nitrogen and oxygen atoms in total. The van der Waals surface area contributed by atoms with Gasteiger partial charge >= 0.3 is 0 Å². The minimum Gasteiger partial charge on any atom is -0.368 e. The summed E-state index contributed by atoms with van der Waals surface area (Å²) in [5.41, 5.74) is 8.27. The topological polar surface area (TPSA) is 72.2 Å². The van der Waals surface area contributed by atoms with Crippen molar-refractivity contribution in [2.45, 2.75) is 45.1 Å². The molecule has 2 rings (SSSR count). The molecule has 0 bridgehead atoms. The Bertz CT molecular complexity index is 716. The van der Waals surface area contributed by atoms with E-state index in [-0.39, 0.29) is 11.3 Å². The van der Waals surface area contributed by atoms with E-state index in [0.29, 0.717) is 18.4 Å². The number of hydrogen-bond acceptors (Lipinski definition) is 2. The fourth-order valence-corrected chi connectivity index (χ4v) is 2.60. The second-order valence-corrected chi connectivity index (χ2v) is 7.28. The van der Waals surface area contributed by atoms with Gasteiger partial charge in [0.25, 0.3) is 5.91 Å². The number of hydrogen-bond donors (Lipinski definition) is 2. The van der Waals surface area contributed by atoms with Gasteiger partial charge in [-0.15, -0.1) is 0 Å². The molecule has 0 aliphatic carbocycles. The van der Waals surface area contributed by atoms with Crippen LogP contribution in [0.15, 0.2) is 54.6 Å². The molecular weight excluding hydrogens is 312 g/mol. The predicted molar refractivity (Wildman–Crippen MR) is 100 cm³/mol. The lowest BCUT2D eigenvalue weighted by Gasteiger charge is -2.19. The average Bonchev–Trinajstić information content (AvgIpc) is 2.58. The highest BCUT2D eigenvalue weighted by molar-refractivity contribution is 5.97. The second kappa shape index (κ2) is 7.97. The molecule has 0 fully saturated rings. The highest BCUT2D eigenvalue weighted by atomic mass is 16.2. The van der Waals surface area contributed by atoms with E-state index in [1.807, 2.05) is 42.5 Å². The van der Waals surface area contributed by atoms with E-state index in [4.69, 9.17) is 5.73 Å². The van der Waals surface area contributed by atoms with Crippen molar-refractivity contribution in [1.82, 2.24) is 5.32 Å². The average molecular weight is 338 g/mol. The number of carbonyl (C=O) groups is 2. The third-order valence-corrected chi connectivity index (χ3v) is 4.23. The first-order valence-corrected chi connectivity index (χ1v) is 8.52. The third-order valence-electron chi connectivity index (χ3n) is 4.23. The van der Waals surface area contributed by atoms with Crippen molar-refractivity contribution < 1.29 is 9.59 Å². The van der Waals surface area contributed by atoms with E-state index in [2.05, 4.69) is 26.1 Å². The van der Waals surface area contributed by atoms with Gasteiger partial charge in [-0.1, -0.05) is 63.2 Å². The van der Waals surface area contributed by atoms with Gasteiger partial charge in [0, 0.05) is 5.56 Å². The number of carbonyl (C=O) groups excluding carboxylic acids is 2. The molecular formula is C21H26N2O2. The zero-order valence-electron chi connectivity index (χ0n) is 15.1. The SMILES string of the molecule is CC(C)(C)c1ccc(C(=O)N[C@H](CCc2ccccc2)C(N)=O)cc1. The Balaban J connectivity index is 2.01. The third kappa shape index (κ3) is 5.45. The van der Waals surface area contributed by atoms with Crippen LogP contribution in [0.3, 0.4) is 0 Å². The normalized spacial score (nSPS) is 12.4. The number of primary amides is 1. The molecule has 2 aromatic carbocycles. The zero-order valence-corrected chi connectivity index (χ0v) is 15.1. The van der Waals surface area contributed by atoms with Crippen LogP contribution in [0.1, 0.15) is 48.7 Å². The fraction of sp³-hybridized carbons (Fsp3) is 0.333. The van der Waals surface area contributed by atoms with Crippen LogP contribution in [-0.2, 0) is 16.6 Å². The minimum absolute atomic E-state index is 0.0282. The van der Waals surface area contributed by atoms with Crippen molar-refractivity contribution in [2.24, 2.45) is 5.73 Å². The van der Waals surface area contributed by atoms with Crippen molar-refractivity contribution in [3.05, 3.63) is 71.3 Å². The molecule has 0 radical (unpaired) electrons.